The monoisotopic (exact) mass is 341 g/mol. The first-order valence-corrected chi connectivity index (χ1v) is 9.64. The van der Waals surface area contributed by atoms with Crippen molar-refractivity contribution in [3.63, 3.8) is 0 Å². The Morgan fingerprint density at radius 3 is 2.92 bits per heavy atom. The molecule has 134 valence electrons. The van der Waals surface area contributed by atoms with Crippen molar-refractivity contribution in [1.29, 1.82) is 0 Å². The number of aliphatic hydroxyl groups is 1. The van der Waals surface area contributed by atoms with E-state index < -0.39 is 11.7 Å². The minimum absolute atomic E-state index is 0.136. The van der Waals surface area contributed by atoms with Crippen molar-refractivity contribution in [1.82, 2.24) is 4.90 Å². The molecular weight excluding hydrogens is 314 g/mol. The molecule has 0 aromatic heterocycles. The van der Waals surface area contributed by atoms with E-state index in [1.54, 1.807) is 0 Å². The van der Waals surface area contributed by atoms with Gasteiger partial charge >= 0.3 is 0 Å². The van der Waals surface area contributed by atoms with Crippen LogP contribution in [-0.2, 0) is 11.8 Å². The third-order valence-electron chi connectivity index (χ3n) is 7.33. The highest BCUT2D eigenvalue weighted by molar-refractivity contribution is 5.63. The zero-order valence-electron chi connectivity index (χ0n) is 15.3. The molecule has 2 aliphatic carbocycles. The highest BCUT2D eigenvalue weighted by atomic mass is 16.5. The highest BCUT2D eigenvalue weighted by Crippen LogP contribution is 2.67. The maximum atomic E-state index is 11.1. The Morgan fingerprint density at radius 1 is 1.32 bits per heavy atom. The van der Waals surface area contributed by atoms with Crippen molar-refractivity contribution in [3.8, 4) is 11.5 Å². The van der Waals surface area contributed by atoms with Gasteiger partial charge in [-0.15, -0.1) is 0 Å². The molecule has 1 fully saturated rings. The summed E-state index contributed by atoms with van der Waals surface area (Å²) in [5, 5.41) is 11.1. The quantitative estimate of drug-likeness (QED) is 0.859. The van der Waals surface area contributed by atoms with Gasteiger partial charge < -0.3 is 19.5 Å². The van der Waals surface area contributed by atoms with E-state index in [1.165, 1.54) is 11.1 Å². The lowest BCUT2D eigenvalue weighted by atomic mass is 9.48. The summed E-state index contributed by atoms with van der Waals surface area (Å²) in [6, 6.07) is 4.77. The summed E-state index contributed by atoms with van der Waals surface area (Å²) >= 11 is 0. The summed E-state index contributed by atoms with van der Waals surface area (Å²) < 4.78 is 12.6. The Kier molecular flexibility index (Phi) is 3.15. The second kappa shape index (κ2) is 5.01. The summed E-state index contributed by atoms with van der Waals surface area (Å²) in [7, 11) is 2.24. The smallest absolute Gasteiger partial charge is 0.166 e. The number of nitrogens with zero attached hydrogens (tertiary/aromatic N) is 1. The molecule has 1 spiro atoms. The molecule has 5 rings (SSSR count). The number of hydrogen-bond acceptors (Lipinski definition) is 4. The molecule has 2 aliphatic heterocycles. The van der Waals surface area contributed by atoms with Crippen molar-refractivity contribution in [2.24, 2.45) is 5.92 Å². The molecule has 4 nitrogen and oxygen atoms in total. The number of benzene rings is 1. The average molecular weight is 341 g/mol. The van der Waals surface area contributed by atoms with E-state index in [-0.39, 0.29) is 5.41 Å². The maximum Gasteiger partial charge on any atom is 0.166 e. The average Bonchev–Trinajstić information content (AvgIpc) is 2.93. The molecule has 1 aromatic rings. The molecule has 0 unspecified atom stereocenters. The van der Waals surface area contributed by atoms with E-state index in [1.807, 2.05) is 13.0 Å². The molecule has 4 heteroatoms. The zero-order valence-corrected chi connectivity index (χ0v) is 15.3. The van der Waals surface area contributed by atoms with Gasteiger partial charge in [0.1, 0.15) is 11.7 Å². The first-order valence-electron chi connectivity index (χ1n) is 9.64. The number of likely N-dealkylation sites (N-methyl/N-ethyl adjacent to an activating group) is 1. The number of aliphatic hydroxyl groups excluding tert-OH is 1. The van der Waals surface area contributed by atoms with Crippen LogP contribution in [0.4, 0.5) is 0 Å². The summed E-state index contributed by atoms with van der Waals surface area (Å²) in [6.07, 6.45) is 6.54. The first kappa shape index (κ1) is 15.7. The Balaban J connectivity index is 1.83. The Bertz CT molecular complexity index is 760. The van der Waals surface area contributed by atoms with Gasteiger partial charge in [-0.3, -0.25) is 0 Å². The molecule has 1 N–H and O–H groups in total. The van der Waals surface area contributed by atoms with E-state index in [4.69, 9.17) is 9.47 Å². The fraction of sp³-hybridized carbons (Fsp3) is 0.619. The summed E-state index contributed by atoms with van der Waals surface area (Å²) in [5.74, 6) is 2.12. The maximum absolute atomic E-state index is 11.1. The number of rotatable bonds is 3. The van der Waals surface area contributed by atoms with E-state index >= 15 is 0 Å². The van der Waals surface area contributed by atoms with Gasteiger partial charge in [0.25, 0.3) is 0 Å². The van der Waals surface area contributed by atoms with E-state index in [0.29, 0.717) is 18.6 Å². The van der Waals surface area contributed by atoms with Gasteiger partial charge in [-0.05, 0) is 51.4 Å². The summed E-state index contributed by atoms with van der Waals surface area (Å²) in [5.41, 5.74) is 2.00. The lowest BCUT2D eigenvalue weighted by Crippen LogP contribution is -2.70. The van der Waals surface area contributed by atoms with Gasteiger partial charge in [0.15, 0.2) is 11.5 Å². The molecule has 1 aromatic carbocycles. The minimum Gasteiger partial charge on any atom is -0.490 e. The van der Waals surface area contributed by atoms with E-state index in [0.717, 1.165) is 37.3 Å². The molecule has 25 heavy (non-hydrogen) atoms. The Morgan fingerprint density at radius 2 is 2.16 bits per heavy atom. The standard InChI is InChI=1S/C21H27NO3/c1-4-21-17(23)9-7-14-15-12-13-6-8-16(24-5-2)19(25-21)18(13)20(14,21)10-11-22(15)3/h6-9,14-15,17,23H,4-5,10-12H2,1-3H3/t14-,15+,17-,20-,21-/m0/s1. The van der Waals surface area contributed by atoms with Crippen molar-refractivity contribution in [3.05, 3.63) is 35.4 Å². The number of ether oxygens (including phenoxy) is 2. The fourth-order valence-electron chi connectivity index (χ4n) is 6.29. The fourth-order valence-corrected chi connectivity index (χ4v) is 6.29. The SMILES string of the molecule is CCOc1ccc2c3c1O[C@@]1(CC)[C@@H](O)C=C[C@H]4[C@@H](C2)N(C)CC[C@@]341. The molecule has 1 saturated heterocycles. The molecule has 5 atom stereocenters. The van der Waals surface area contributed by atoms with E-state index in [9.17, 15) is 5.11 Å². The zero-order chi connectivity index (χ0) is 17.4. The van der Waals surface area contributed by atoms with Crippen LogP contribution in [-0.4, -0.2) is 48.0 Å². The van der Waals surface area contributed by atoms with Crippen molar-refractivity contribution in [2.45, 2.75) is 56.3 Å². The van der Waals surface area contributed by atoms with Gasteiger partial charge in [-0.2, -0.15) is 0 Å². The largest absolute Gasteiger partial charge is 0.490 e. The molecule has 0 radical (unpaired) electrons. The van der Waals surface area contributed by atoms with Crippen LogP contribution in [0.25, 0.3) is 0 Å². The lowest BCUT2D eigenvalue weighted by molar-refractivity contribution is -0.123. The van der Waals surface area contributed by atoms with Crippen molar-refractivity contribution < 1.29 is 14.6 Å². The molecule has 2 heterocycles. The highest BCUT2D eigenvalue weighted by Gasteiger charge is 2.71. The van der Waals surface area contributed by atoms with E-state index in [2.05, 4.69) is 37.1 Å². The topological polar surface area (TPSA) is 41.9 Å². The number of piperidine rings is 1. The third kappa shape index (κ3) is 1.61. The van der Waals surface area contributed by atoms with Crippen LogP contribution >= 0.6 is 0 Å². The third-order valence-corrected chi connectivity index (χ3v) is 7.33. The predicted octanol–water partition coefficient (Wildman–Crippen LogP) is 2.67. The van der Waals surface area contributed by atoms with Crippen LogP contribution in [0.5, 0.6) is 11.5 Å². The van der Waals surface area contributed by atoms with Crippen molar-refractivity contribution >= 4 is 0 Å². The van der Waals surface area contributed by atoms with Gasteiger partial charge in [0.05, 0.1) is 12.0 Å². The second-order valence-corrected chi connectivity index (χ2v) is 8.03. The molecule has 4 aliphatic rings. The Labute approximate surface area is 149 Å². The van der Waals surface area contributed by atoms with Gasteiger partial charge in [0.2, 0.25) is 0 Å². The minimum atomic E-state index is -0.578. The molecule has 0 amide bonds. The van der Waals surface area contributed by atoms with Crippen LogP contribution in [0.1, 0.15) is 37.8 Å². The van der Waals surface area contributed by atoms with Crippen LogP contribution in [0.2, 0.25) is 0 Å². The Hall–Kier alpha value is -1.52. The predicted molar refractivity (Wildman–Crippen MR) is 96.3 cm³/mol. The first-order chi connectivity index (χ1) is 12.1. The summed E-state index contributed by atoms with van der Waals surface area (Å²) in [4.78, 5) is 2.50. The summed E-state index contributed by atoms with van der Waals surface area (Å²) in [6.45, 7) is 5.83. The second-order valence-electron chi connectivity index (χ2n) is 8.03. The van der Waals surface area contributed by atoms with Crippen LogP contribution in [0.3, 0.4) is 0 Å². The normalized spacial score (nSPS) is 40.6. The van der Waals surface area contributed by atoms with Gasteiger partial charge in [-0.1, -0.05) is 25.1 Å². The lowest BCUT2D eigenvalue weighted by Gasteiger charge is -2.60. The molecular formula is C21H27NO3. The number of likely N-dealkylation sites (tertiary alicyclic amines) is 1. The van der Waals surface area contributed by atoms with Crippen LogP contribution in [0.15, 0.2) is 24.3 Å². The molecule has 2 bridgehead atoms. The number of hydrogen-bond donors (Lipinski definition) is 1. The van der Waals surface area contributed by atoms with Crippen LogP contribution < -0.4 is 9.47 Å². The van der Waals surface area contributed by atoms with Gasteiger partial charge in [0, 0.05) is 17.5 Å². The van der Waals surface area contributed by atoms with Crippen LogP contribution in [0, 0.1) is 5.92 Å². The van der Waals surface area contributed by atoms with Gasteiger partial charge in [-0.25, -0.2) is 0 Å². The molecule has 0 saturated carbocycles. The van der Waals surface area contributed by atoms with Crippen molar-refractivity contribution in [2.75, 3.05) is 20.2 Å².